The third kappa shape index (κ3) is 3.33. The Hall–Kier alpha value is -6.47. The monoisotopic (exact) mass is 555 g/mol. The van der Waals surface area contributed by atoms with Crippen molar-refractivity contribution in [2.45, 2.75) is 0 Å². The fourth-order valence-electron chi connectivity index (χ4n) is 5.80. The lowest BCUT2D eigenvalue weighted by Gasteiger charge is -1.98. The van der Waals surface area contributed by atoms with Crippen molar-refractivity contribution in [2.75, 3.05) is 0 Å². The molecular weight excluding hydrogens is 538 g/mol. The molecule has 0 aliphatic carbocycles. The van der Waals surface area contributed by atoms with E-state index >= 15 is 0 Å². The first kappa shape index (κ1) is 23.3. The molecule has 2 aliphatic rings. The molecule has 7 aromatic rings. The van der Waals surface area contributed by atoms with E-state index in [2.05, 4.69) is 9.97 Å². The summed E-state index contributed by atoms with van der Waals surface area (Å²) < 4.78 is 0. The van der Waals surface area contributed by atoms with Gasteiger partial charge >= 0.3 is 0 Å². The third-order valence-electron chi connectivity index (χ3n) is 7.81. The zero-order chi connectivity index (χ0) is 28.7. The number of hydrogen-bond donors (Lipinski definition) is 3. The molecule has 0 saturated carbocycles. The number of nitrogens with zero attached hydrogens (tertiary/aromatic N) is 7. The van der Waals surface area contributed by atoms with E-state index < -0.39 is 0 Å². The first-order chi connectivity index (χ1) is 21.2. The van der Waals surface area contributed by atoms with E-state index in [0.29, 0.717) is 56.7 Å². The van der Waals surface area contributed by atoms with Gasteiger partial charge in [0.2, 0.25) is 0 Å². The Morgan fingerprint density at radius 2 is 0.907 bits per heavy atom. The number of phenols is 1. The molecule has 8 bridgehead atoms. The molecule has 4 aromatic carbocycles. The lowest BCUT2D eigenvalue weighted by molar-refractivity contribution is 0.480. The molecule has 43 heavy (non-hydrogen) atoms. The third-order valence-corrected chi connectivity index (χ3v) is 7.81. The SMILES string of the molecule is N#Cc1ccc2c3nc4nc(nc5[nH]c(nc6nc(nc([nH]3)c2c1O)-c1ccccc1-6)c1ccccc51)-c1ccccc1-4. The Balaban J connectivity index is 1.52. The molecule has 0 saturated heterocycles. The van der Waals surface area contributed by atoms with Crippen LogP contribution in [0.15, 0.2) is 84.9 Å². The van der Waals surface area contributed by atoms with Crippen LogP contribution in [0.4, 0.5) is 0 Å². The minimum Gasteiger partial charge on any atom is -0.506 e. The zero-order valence-electron chi connectivity index (χ0n) is 22.2. The molecule has 10 heteroatoms. The van der Waals surface area contributed by atoms with Crippen LogP contribution in [0.3, 0.4) is 0 Å². The fraction of sp³-hybridized carbons (Fsp3) is 0. The molecule has 3 N–H and O–H groups in total. The molecule has 200 valence electrons. The Morgan fingerprint density at radius 1 is 0.488 bits per heavy atom. The average molecular weight is 556 g/mol. The number of aromatic amines is 2. The Morgan fingerprint density at radius 3 is 1.40 bits per heavy atom. The smallest absolute Gasteiger partial charge is 0.164 e. The van der Waals surface area contributed by atoms with E-state index in [0.717, 1.165) is 33.0 Å². The maximum atomic E-state index is 11.1. The van der Waals surface area contributed by atoms with Gasteiger partial charge in [0, 0.05) is 38.4 Å². The van der Waals surface area contributed by atoms with Crippen LogP contribution >= 0.6 is 0 Å². The number of nitrogens with one attached hydrogen (secondary N) is 2. The van der Waals surface area contributed by atoms with E-state index in [1.165, 1.54) is 0 Å². The standard InChI is InChI=1S/C33H17N9O/c34-15-16-13-14-23-24(25(16)43)33-41-31-22-12-6-5-11-21(22)29(39-31)37-27-18-8-2-1-7-17(18)26(35-27)36-28-19-9-3-4-10-20(19)30(38-28)40-32(23)42-33/h1-14,43H,(H2,35,36,37,38,39,40,41,42). The van der Waals surface area contributed by atoms with Crippen LogP contribution in [0.5, 0.6) is 5.75 Å². The second-order valence-electron chi connectivity index (χ2n) is 10.2. The molecule has 0 atom stereocenters. The van der Waals surface area contributed by atoms with Crippen molar-refractivity contribution in [3.63, 3.8) is 0 Å². The molecule has 2 aliphatic heterocycles. The number of aromatic nitrogens is 8. The van der Waals surface area contributed by atoms with Crippen LogP contribution in [0, 0.1) is 11.3 Å². The number of hydrogen-bond acceptors (Lipinski definition) is 8. The number of aromatic hydroxyl groups is 1. The molecule has 0 radical (unpaired) electrons. The number of fused-ring (bicyclic) bond motifs is 20. The van der Waals surface area contributed by atoms with Crippen molar-refractivity contribution in [2.24, 2.45) is 0 Å². The van der Waals surface area contributed by atoms with Crippen LogP contribution in [0.1, 0.15) is 5.56 Å². The van der Waals surface area contributed by atoms with Crippen molar-refractivity contribution in [1.29, 1.82) is 5.26 Å². The zero-order valence-corrected chi connectivity index (χ0v) is 22.2. The summed E-state index contributed by atoms with van der Waals surface area (Å²) in [6.45, 7) is 0. The van der Waals surface area contributed by atoms with Gasteiger partial charge in [-0.3, -0.25) is 0 Å². The first-order valence-electron chi connectivity index (χ1n) is 13.5. The highest BCUT2D eigenvalue weighted by Gasteiger charge is 2.22. The van der Waals surface area contributed by atoms with Gasteiger partial charge in [-0.05, 0) is 12.1 Å². The number of phenolic OH excluding ortho intramolecular Hbond substituents is 1. The Bertz CT molecular complexity index is 2550. The summed E-state index contributed by atoms with van der Waals surface area (Å²) in [7, 11) is 0. The van der Waals surface area contributed by atoms with E-state index in [4.69, 9.17) is 29.9 Å². The predicted molar refractivity (Wildman–Crippen MR) is 162 cm³/mol. The summed E-state index contributed by atoms with van der Waals surface area (Å²) in [5.74, 6) is 1.69. The summed E-state index contributed by atoms with van der Waals surface area (Å²) in [6.07, 6.45) is 0. The maximum absolute atomic E-state index is 11.1. The van der Waals surface area contributed by atoms with E-state index in [-0.39, 0.29) is 11.3 Å². The minimum atomic E-state index is -0.184. The van der Waals surface area contributed by atoms with Crippen LogP contribution < -0.4 is 0 Å². The maximum Gasteiger partial charge on any atom is 0.164 e. The lowest BCUT2D eigenvalue weighted by atomic mass is 10.1. The van der Waals surface area contributed by atoms with E-state index in [1.807, 2.05) is 78.9 Å². The molecule has 10 nitrogen and oxygen atoms in total. The van der Waals surface area contributed by atoms with E-state index in [9.17, 15) is 10.4 Å². The molecule has 3 aromatic heterocycles. The van der Waals surface area contributed by atoms with Gasteiger partial charge < -0.3 is 15.1 Å². The Labute approximate surface area is 242 Å². The highest BCUT2D eigenvalue weighted by molar-refractivity contribution is 6.09. The minimum absolute atomic E-state index is 0.128. The number of rotatable bonds is 0. The second kappa shape index (κ2) is 8.52. The molecule has 0 unspecified atom stereocenters. The summed E-state index contributed by atoms with van der Waals surface area (Å²) in [5.41, 5.74) is 5.38. The molecular formula is C33H17N9O. The van der Waals surface area contributed by atoms with Gasteiger partial charge in [0.1, 0.15) is 34.4 Å². The summed E-state index contributed by atoms with van der Waals surface area (Å²) in [6, 6.07) is 28.8. The highest BCUT2D eigenvalue weighted by Crippen LogP contribution is 2.38. The van der Waals surface area contributed by atoms with Crippen LogP contribution in [-0.4, -0.2) is 45.0 Å². The summed E-state index contributed by atoms with van der Waals surface area (Å²) in [5, 5.41) is 23.6. The predicted octanol–water partition coefficient (Wildman–Crippen LogP) is 6.45. The van der Waals surface area contributed by atoms with Crippen molar-refractivity contribution in [1.82, 2.24) is 39.9 Å². The topological polar surface area (TPSA) is 153 Å². The van der Waals surface area contributed by atoms with E-state index in [1.54, 1.807) is 12.1 Å². The first-order valence-corrected chi connectivity index (χ1v) is 13.5. The van der Waals surface area contributed by atoms with Gasteiger partial charge in [0.25, 0.3) is 0 Å². The molecule has 0 amide bonds. The average Bonchev–Trinajstić information content (AvgIpc) is 3.77. The van der Waals surface area contributed by atoms with Gasteiger partial charge in [-0.25, -0.2) is 29.9 Å². The van der Waals surface area contributed by atoms with Crippen LogP contribution in [0.25, 0.3) is 89.7 Å². The van der Waals surface area contributed by atoms with Crippen molar-refractivity contribution in [3.8, 4) is 57.4 Å². The molecule has 9 rings (SSSR count). The largest absolute Gasteiger partial charge is 0.506 e. The molecule has 5 heterocycles. The van der Waals surface area contributed by atoms with Crippen LogP contribution in [0.2, 0.25) is 0 Å². The quantitative estimate of drug-likeness (QED) is 0.193. The number of nitriles is 1. The number of benzene rings is 4. The van der Waals surface area contributed by atoms with Crippen molar-refractivity contribution < 1.29 is 5.11 Å². The second-order valence-corrected chi connectivity index (χ2v) is 10.2. The fourth-order valence-corrected chi connectivity index (χ4v) is 5.80. The molecule has 0 fully saturated rings. The summed E-state index contributed by atoms with van der Waals surface area (Å²) in [4.78, 5) is 36.1. The number of H-pyrrole nitrogens is 2. The summed E-state index contributed by atoms with van der Waals surface area (Å²) >= 11 is 0. The van der Waals surface area contributed by atoms with Gasteiger partial charge in [-0.15, -0.1) is 0 Å². The molecule has 0 spiro atoms. The normalized spacial score (nSPS) is 11.8. The van der Waals surface area contributed by atoms with Gasteiger partial charge in [0.05, 0.1) is 10.9 Å². The van der Waals surface area contributed by atoms with Crippen molar-refractivity contribution >= 4 is 44.1 Å². The highest BCUT2D eigenvalue weighted by atomic mass is 16.3. The van der Waals surface area contributed by atoms with Gasteiger partial charge in [-0.1, -0.05) is 72.8 Å². The van der Waals surface area contributed by atoms with Gasteiger partial charge in [0.15, 0.2) is 23.3 Å². The van der Waals surface area contributed by atoms with Gasteiger partial charge in [-0.2, -0.15) is 5.26 Å². The van der Waals surface area contributed by atoms with Crippen LogP contribution in [-0.2, 0) is 0 Å². The lowest BCUT2D eigenvalue weighted by Crippen LogP contribution is -1.83. The van der Waals surface area contributed by atoms with Crippen molar-refractivity contribution in [3.05, 3.63) is 90.5 Å². The Kier molecular flexibility index (Phi) is 4.61.